The fourth-order valence-electron chi connectivity index (χ4n) is 3.89. The van der Waals surface area contributed by atoms with Crippen LogP contribution in [0.2, 0.25) is 5.15 Å². The molecule has 13 nitrogen and oxygen atoms in total. The van der Waals surface area contributed by atoms with Gasteiger partial charge >= 0.3 is 0 Å². The number of aliphatic hydroxyl groups is 2. The second-order valence-corrected chi connectivity index (χ2v) is 9.55. The summed E-state index contributed by atoms with van der Waals surface area (Å²) in [5.74, 6) is -1.48. The van der Waals surface area contributed by atoms with Crippen LogP contribution in [0.25, 0.3) is 0 Å². The molecule has 1 aromatic heterocycles. The first-order chi connectivity index (χ1) is 18.0. The van der Waals surface area contributed by atoms with Gasteiger partial charge in [0.25, 0.3) is 5.91 Å². The van der Waals surface area contributed by atoms with Gasteiger partial charge < -0.3 is 41.2 Å². The van der Waals surface area contributed by atoms with Gasteiger partial charge in [-0.3, -0.25) is 15.5 Å². The topological polar surface area (TPSA) is 211 Å². The van der Waals surface area contributed by atoms with Crippen LogP contribution in [0.15, 0.2) is 24.3 Å². The minimum absolute atomic E-state index is 0.0123. The number of nitrogens with two attached hydrogens (primary N) is 2. The number of carbonyl (C=O) groups is 1. The van der Waals surface area contributed by atoms with E-state index < -0.39 is 30.0 Å². The van der Waals surface area contributed by atoms with Gasteiger partial charge in [-0.25, -0.2) is 9.97 Å². The Kier molecular flexibility index (Phi) is 10.1. The Morgan fingerprint density at radius 1 is 1.26 bits per heavy atom. The van der Waals surface area contributed by atoms with Crippen molar-refractivity contribution in [1.82, 2.24) is 20.6 Å². The number of amides is 1. The maximum atomic E-state index is 12.2. The molecule has 0 radical (unpaired) electrons. The maximum absolute atomic E-state index is 12.2. The average Bonchev–Trinajstić information content (AvgIpc) is 3.19. The van der Waals surface area contributed by atoms with E-state index in [0.29, 0.717) is 12.3 Å². The lowest BCUT2D eigenvalue weighted by Gasteiger charge is -2.22. The quantitative estimate of drug-likeness (QED) is 0.118. The Morgan fingerprint density at radius 3 is 2.76 bits per heavy atom. The van der Waals surface area contributed by atoms with Crippen molar-refractivity contribution in [3.05, 3.63) is 40.7 Å². The molecule has 2 heterocycles. The number of aryl methyl sites for hydroxylation is 1. The van der Waals surface area contributed by atoms with Gasteiger partial charge in [-0.2, -0.15) is 0 Å². The molecule has 1 fully saturated rings. The number of hydrogen-bond acceptors (Lipinski definition) is 11. The van der Waals surface area contributed by atoms with Crippen molar-refractivity contribution in [1.29, 1.82) is 5.41 Å². The zero-order valence-corrected chi connectivity index (χ0v) is 22.0. The second-order valence-electron chi connectivity index (χ2n) is 9.19. The minimum Gasteiger partial charge on any atom is -0.491 e. The Hall–Kier alpha value is -3.23. The molecule has 1 aliphatic rings. The second kappa shape index (κ2) is 13.0. The third kappa shape index (κ3) is 8.13. The summed E-state index contributed by atoms with van der Waals surface area (Å²) in [7, 11) is 0. The number of anilines is 2. The lowest BCUT2D eigenvalue weighted by atomic mass is 10.1. The first-order valence-electron chi connectivity index (χ1n) is 12.1. The fraction of sp³-hybridized carbons (Fsp3) is 0.500. The molecule has 208 valence electrons. The number of unbranched alkanes of at least 4 members (excludes halogenated alkanes) is 1. The number of aromatic nitrogens is 2. The third-order valence-corrected chi connectivity index (χ3v) is 5.93. The smallest absolute Gasteiger partial charge is 0.280 e. The fourth-order valence-corrected chi connectivity index (χ4v) is 4.02. The number of nitrogens with one attached hydrogen (secondary N) is 3. The first-order valence-corrected chi connectivity index (χ1v) is 12.5. The highest BCUT2D eigenvalue weighted by Gasteiger charge is 2.44. The minimum atomic E-state index is -0.972. The Labute approximate surface area is 225 Å². The molecule has 1 aromatic carbocycles. The lowest BCUT2D eigenvalue weighted by molar-refractivity contribution is -0.158. The Morgan fingerprint density at radius 2 is 2.03 bits per heavy atom. The van der Waals surface area contributed by atoms with E-state index in [-0.39, 0.29) is 41.7 Å². The third-order valence-electron chi connectivity index (χ3n) is 5.65. The number of nitrogens with zero attached hydrogens (tertiary/aromatic N) is 2. The van der Waals surface area contributed by atoms with Gasteiger partial charge in [-0.05, 0) is 50.8 Å². The molecule has 1 amide bonds. The number of hydrogen-bond donors (Lipinski definition) is 7. The molecule has 1 saturated heterocycles. The number of guanidine groups is 1. The zero-order valence-electron chi connectivity index (χ0n) is 21.2. The predicted molar refractivity (Wildman–Crippen MR) is 141 cm³/mol. The highest BCUT2D eigenvalue weighted by atomic mass is 35.5. The molecule has 1 unspecified atom stereocenters. The summed E-state index contributed by atoms with van der Waals surface area (Å²) >= 11 is 5.78. The summed E-state index contributed by atoms with van der Waals surface area (Å²) < 4.78 is 17.0. The standard InChI is InChI=1S/C24H34ClN7O6/c1-24(2)37-16(11-33)18(38-24)15(34)12-36-14-8-5-7-13(10-14)6-3-4-9-29-23(28)32-22(35)17-20(26)31-21(27)19(25)30-17/h5,7-8,10,15-16,18,33-34H,3-4,6,9,11-12H2,1-2H3,(H4,26,27,31)(H3,28,29,32,35)/t15-,16?,18-/m1/s1. The molecule has 14 heteroatoms. The number of ether oxygens (including phenoxy) is 3. The van der Waals surface area contributed by atoms with Crippen LogP contribution in [0, 0.1) is 5.41 Å². The van der Waals surface area contributed by atoms with E-state index in [1.54, 1.807) is 19.9 Å². The van der Waals surface area contributed by atoms with Gasteiger partial charge in [0.2, 0.25) is 0 Å². The molecule has 0 bridgehead atoms. The first kappa shape index (κ1) is 29.3. The summed E-state index contributed by atoms with van der Waals surface area (Å²) in [6, 6.07) is 7.53. The predicted octanol–water partition coefficient (Wildman–Crippen LogP) is 0.824. The van der Waals surface area contributed by atoms with E-state index in [4.69, 9.17) is 42.7 Å². The van der Waals surface area contributed by atoms with E-state index in [1.165, 1.54) is 0 Å². The van der Waals surface area contributed by atoms with Crippen LogP contribution < -0.4 is 26.8 Å². The van der Waals surface area contributed by atoms with Crippen molar-refractivity contribution < 1.29 is 29.2 Å². The van der Waals surface area contributed by atoms with Crippen molar-refractivity contribution in [2.75, 3.05) is 31.2 Å². The van der Waals surface area contributed by atoms with Gasteiger partial charge in [0.15, 0.2) is 34.2 Å². The lowest BCUT2D eigenvalue weighted by Crippen LogP contribution is -2.41. The average molecular weight is 552 g/mol. The van der Waals surface area contributed by atoms with Crippen LogP contribution in [-0.2, 0) is 15.9 Å². The van der Waals surface area contributed by atoms with Gasteiger partial charge in [0.05, 0.1) is 6.61 Å². The number of carbonyl (C=O) groups excluding carboxylic acids is 1. The highest BCUT2D eigenvalue weighted by molar-refractivity contribution is 6.31. The van der Waals surface area contributed by atoms with Crippen LogP contribution >= 0.6 is 11.6 Å². The number of nitrogen functional groups attached to an aromatic ring is 2. The molecule has 0 saturated carbocycles. The van der Waals surface area contributed by atoms with Crippen molar-refractivity contribution >= 4 is 35.1 Å². The summed E-state index contributed by atoms with van der Waals surface area (Å²) in [6.45, 7) is 3.63. The molecular formula is C24H34ClN7O6. The van der Waals surface area contributed by atoms with Gasteiger partial charge in [-0.1, -0.05) is 23.7 Å². The molecule has 3 atom stereocenters. The van der Waals surface area contributed by atoms with Crippen LogP contribution in [0.1, 0.15) is 42.7 Å². The van der Waals surface area contributed by atoms with Gasteiger partial charge in [0.1, 0.15) is 30.7 Å². The van der Waals surface area contributed by atoms with E-state index in [9.17, 15) is 15.0 Å². The molecule has 1 aliphatic heterocycles. The van der Waals surface area contributed by atoms with E-state index in [2.05, 4.69) is 20.6 Å². The summed E-state index contributed by atoms with van der Waals surface area (Å²) in [5.41, 5.74) is 12.0. The number of halogens is 1. The van der Waals surface area contributed by atoms with Crippen LogP contribution in [0.5, 0.6) is 5.75 Å². The van der Waals surface area contributed by atoms with Crippen LogP contribution in [0.4, 0.5) is 11.6 Å². The molecule has 38 heavy (non-hydrogen) atoms. The molecule has 0 spiro atoms. The van der Waals surface area contributed by atoms with Gasteiger partial charge in [0, 0.05) is 6.54 Å². The molecule has 9 N–H and O–H groups in total. The zero-order chi connectivity index (χ0) is 27.9. The number of aliphatic hydroxyl groups excluding tert-OH is 2. The molecule has 0 aliphatic carbocycles. The molecular weight excluding hydrogens is 518 g/mol. The Balaban J connectivity index is 1.37. The van der Waals surface area contributed by atoms with Crippen molar-refractivity contribution in [2.24, 2.45) is 0 Å². The molecule has 2 aromatic rings. The normalized spacial score (nSPS) is 19.1. The van der Waals surface area contributed by atoms with Crippen molar-refractivity contribution in [2.45, 2.75) is 57.2 Å². The summed E-state index contributed by atoms with van der Waals surface area (Å²) in [6.07, 6.45) is 0.0180. The number of benzene rings is 1. The van der Waals surface area contributed by atoms with Gasteiger partial charge in [-0.15, -0.1) is 0 Å². The van der Waals surface area contributed by atoms with Crippen LogP contribution in [-0.4, -0.2) is 75.9 Å². The monoisotopic (exact) mass is 551 g/mol. The van der Waals surface area contributed by atoms with E-state index in [1.807, 2.05) is 18.2 Å². The SMILES string of the molecule is CC1(C)OC(CO)[C@@H]([C@H](O)COc2cccc(CCCCNC(=N)NC(=O)c3nc(Cl)c(N)nc3N)c2)O1. The molecule has 3 rings (SSSR count). The maximum Gasteiger partial charge on any atom is 0.280 e. The summed E-state index contributed by atoms with van der Waals surface area (Å²) in [4.78, 5) is 19.8. The van der Waals surface area contributed by atoms with Crippen molar-refractivity contribution in [3.63, 3.8) is 0 Å². The summed E-state index contributed by atoms with van der Waals surface area (Å²) in [5, 5.41) is 32.9. The highest BCUT2D eigenvalue weighted by Crippen LogP contribution is 2.30. The van der Waals surface area contributed by atoms with E-state index >= 15 is 0 Å². The Bertz CT molecular complexity index is 1140. The van der Waals surface area contributed by atoms with Crippen molar-refractivity contribution in [3.8, 4) is 5.75 Å². The van der Waals surface area contributed by atoms with Crippen LogP contribution in [0.3, 0.4) is 0 Å². The van der Waals surface area contributed by atoms with E-state index in [0.717, 1.165) is 24.8 Å². The number of rotatable bonds is 11. The largest absolute Gasteiger partial charge is 0.491 e.